The van der Waals surface area contributed by atoms with Crippen LogP contribution in [0.2, 0.25) is 0 Å². The number of benzene rings is 1. The summed E-state index contributed by atoms with van der Waals surface area (Å²) in [5.41, 5.74) is 2.50. The Balaban J connectivity index is 2.06. The highest BCUT2D eigenvalue weighted by Gasteiger charge is 2.22. The molecular weight excluding hydrogens is 220 g/mol. The Morgan fingerprint density at radius 3 is 2.56 bits per heavy atom. The first kappa shape index (κ1) is 13.6. The van der Waals surface area contributed by atoms with Crippen molar-refractivity contribution in [1.29, 1.82) is 0 Å². The summed E-state index contributed by atoms with van der Waals surface area (Å²) in [4.78, 5) is 0. The molecule has 0 saturated heterocycles. The molecule has 2 rings (SSSR count). The van der Waals surface area contributed by atoms with Gasteiger partial charge in [0.1, 0.15) is 0 Å². The van der Waals surface area contributed by atoms with Crippen LogP contribution in [-0.2, 0) is 6.42 Å². The molecule has 1 atom stereocenters. The Bertz CT molecular complexity index is 350. The van der Waals surface area contributed by atoms with Crippen molar-refractivity contribution >= 4 is 0 Å². The average Bonchev–Trinajstić information content (AvgIpc) is 2.67. The normalized spacial score (nSPS) is 19.4. The van der Waals surface area contributed by atoms with Gasteiger partial charge < -0.3 is 5.11 Å². The molecule has 0 amide bonds. The van der Waals surface area contributed by atoms with E-state index >= 15 is 0 Å². The fourth-order valence-electron chi connectivity index (χ4n) is 3.12. The summed E-state index contributed by atoms with van der Waals surface area (Å²) < 4.78 is 0. The van der Waals surface area contributed by atoms with E-state index in [0.29, 0.717) is 5.92 Å². The van der Waals surface area contributed by atoms with Gasteiger partial charge in [-0.1, -0.05) is 63.3 Å². The molecule has 1 N–H and O–H groups in total. The van der Waals surface area contributed by atoms with Gasteiger partial charge in [-0.3, -0.25) is 0 Å². The van der Waals surface area contributed by atoms with Crippen LogP contribution in [-0.4, -0.2) is 5.11 Å². The molecule has 0 aliphatic heterocycles. The van der Waals surface area contributed by atoms with Gasteiger partial charge in [0, 0.05) is 0 Å². The lowest BCUT2D eigenvalue weighted by Gasteiger charge is -2.22. The van der Waals surface area contributed by atoms with E-state index in [1.165, 1.54) is 50.5 Å². The van der Waals surface area contributed by atoms with Gasteiger partial charge in [0.25, 0.3) is 0 Å². The monoisotopic (exact) mass is 246 g/mol. The molecule has 1 aliphatic rings. The SMILES string of the molecule is CCCc1cccc(C(O)C2CCCCCC2)c1. The predicted octanol–water partition coefficient (Wildman–Crippen LogP) is 4.64. The smallest absolute Gasteiger partial charge is 0.0818 e. The van der Waals surface area contributed by atoms with Crippen LogP contribution in [0.5, 0.6) is 0 Å². The van der Waals surface area contributed by atoms with Gasteiger partial charge in [-0.25, -0.2) is 0 Å². The summed E-state index contributed by atoms with van der Waals surface area (Å²) in [5, 5.41) is 10.6. The second-order valence-electron chi connectivity index (χ2n) is 5.69. The van der Waals surface area contributed by atoms with Crippen LogP contribution in [0, 0.1) is 5.92 Å². The van der Waals surface area contributed by atoms with Crippen LogP contribution in [0.25, 0.3) is 0 Å². The fourth-order valence-corrected chi connectivity index (χ4v) is 3.12. The zero-order valence-electron chi connectivity index (χ0n) is 11.6. The summed E-state index contributed by atoms with van der Waals surface area (Å²) in [6.45, 7) is 2.20. The standard InChI is InChI=1S/C17H26O/c1-2-8-14-9-7-12-16(13-14)17(18)15-10-5-3-4-6-11-15/h7,9,12-13,15,17-18H,2-6,8,10-11H2,1H3. The van der Waals surface area contributed by atoms with Crippen LogP contribution >= 0.6 is 0 Å². The number of rotatable bonds is 4. The summed E-state index contributed by atoms with van der Waals surface area (Å²) in [5.74, 6) is 0.476. The van der Waals surface area contributed by atoms with E-state index in [-0.39, 0.29) is 6.10 Å². The maximum absolute atomic E-state index is 10.6. The van der Waals surface area contributed by atoms with Crippen molar-refractivity contribution in [3.63, 3.8) is 0 Å². The number of aliphatic hydroxyl groups is 1. The summed E-state index contributed by atoms with van der Waals surface area (Å²) in [7, 11) is 0. The van der Waals surface area contributed by atoms with Gasteiger partial charge in [-0.15, -0.1) is 0 Å². The number of hydrogen-bond donors (Lipinski definition) is 1. The van der Waals surface area contributed by atoms with Crippen LogP contribution in [0.4, 0.5) is 0 Å². The maximum Gasteiger partial charge on any atom is 0.0818 e. The van der Waals surface area contributed by atoms with Gasteiger partial charge in [0.05, 0.1) is 6.10 Å². The van der Waals surface area contributed by atoms with Gasteiger partial charge in [0.2, 0.25) is 0 Å². The Labute approximate surface area is 111 Å². The van der Waals surface area contributed by atoms with Crippen LogP contribution in [0.15, 0.2) is 24.3 Å². The molecule has 1 aliphatic carbocycles. The first-order valence-electron chi connectivity index (χ1n) is 7.58. The van der Waals surface area contributed by atoms with Crippen molar-refractivity contribution in [3.05, 3.63) is 35.4 Å². The van der Waals surface area contributed by atoms with Crippen LogP contribution < -0.4 is 0 Å². The molecule has 1 heteroatoms. The van der Waals surface area contributed by atoms with E-state index in [2.05, 4.69) is 31.2 Å². The Hall–Kier alpha value is -0.820. The number of aliphatic hydroxyl groups excluding tert-OH is 1. The fraction of sp³-hybridized carbons (Fsp3) is 0.647. The molecule has 0 heterocycles. The van der Waals surface area contributed by atoms with Crippen molar-refractivity contribution in [2.24, 2.45) is 5.92 Å². The quantitative estimate of drug-likeness (QED) is 0.767. The van der Waals surface area contributed by atoms with E-state index in [1.807, 2.05) is 0 Å². The minimum Gasteiger partial charge on any atom is -0.388 e. The lowest BCUT2D eigenvalue weighted by atomic mass is 9.88. The molecule has 0 aromatic heterocycles. The zero-order valence-corrected chi connectivity index (χ0v) is 11.6. The van der Waals surface area contributed by atoms with Crippen LogP contribution in [0.1, 0.15) is 69.1 Å². The third-order valence-corrected chi connectivity index (χ3v) is 4.18. The van der Waals surface area contributed by atoms with E-state index in [0.717, 1.165) is 12.0 Å². The van der Waals surface area contributed by atoms with Crippen molar-refractivity contribution < 1.29 is 5.11 Å². The maximum atomic E-state index is 10.6. The van der Waals surface area contributed by atoms with Crippen molar-refractivity contribution in [2.75, 3.05) is 0 Å². The molecule has 0 spiro atoms. The number of aryl methyl sites for hydroxylation is 1. The molecule has 1 nitrogen and oxygen atoms in total. The van der Waals surface area contributed by atoms with E-state index < -0.39 is 0 Å². The molecule has 1 aromatic carbocycles. The highest BCUT2D eigenvalue weighted by Crippen LogP contribution is 2.33. The molecule has 1 saturated carbocycles. The third kappa shape index (κ3) is 3.58. The Morgan fingerprint density at radius 1 is 1.17 bits per heavy atom. The molecule has 1 fully saturated rings. The Morgan fingerprint density at radius 2 is 1.89 bits per heavy atom. The molecule has 1 aromatic rings. The van der Waals surface area contributed by atoms with Gasteiger partial charge in [-0.2, -0.15) is 0 Å². The predicted molar refractivity (Wildman–Crippen MR) is 76.6 cm³/mol. The minimum atomic E-state index is -0.250. The van der Waals surface area contributed by atoms with Gasteiger partial charge in [-0.05, 0) is 36.3 Å². The first-order valence-corrected chi connectivity index (χ1v) is 7.58. The minimum absolute atomic E-state index is 0.250. The highest BCUT2D eigenvalue weighted by molar-refractivity contribution is 5.25. The van der Waals surface area contributed by atoms with Gasteiger partial charge in [0.15, 0.2) is 0 Å². The lowest BCUT2D eigenvalue weighted by Crippen LogP contribution is -2.12. The van der Waals surface area contributed by atoms with Crippen molar-refractivity contribution in [1.82, 2.24) is 0 Å². The Kier molecular flexibility index (Phi) is 5.25. The van der Waals surface area contributed by atoms with E-state index in [1.54, 1.807) is 0 Å². The topological polar surface area (TPSA) is 20.2 Å². The van der Waals surface area contributed by atoms with E-state index in [4.69, 9.17) is 0 Å². The van der Waals surface area contributed by atoms with Crippen molar-refractivity contribution in [3.8, 4) is 0 Å². The molecule has 1 unspecified atom stereocenters. The molecule has 0 radical (unpaired) electrons. The first-order chi connectivity index (χ1) is 8.81. The number of hydrogen-bond acceptors (Lipinski definition) is 1. The molecule has 0 bridgehead atoms. The summed E-state index contributed by atoms with van der Waals surface area (Å²) in [6.07, 6.45) is 9.69. The van der Waals surface area contributed by atoms with Crippen molar-refractivity contribution in [2.45, 2.75) is 64.4 Å². The van der Waals surface area contributed by atoms with Crippen LogP contribution in [0.3, 0.4) is 0 Å². The zero-order chi connectivity index (χ0) is 12.8. The second-order valence-corrected chi connectivity index (χ2v) is 5.69. The summed E-state index contributed by atoms with van der Waals surface area (Å²) >= 11 is 0. The molecule has 18 heavy (non-hydrogen) atoms. The third-order valence-electron chi connectivity index (χ3n) is 4.18. The van der Waals surface area contributed by atoms with Gasteiger partial charge >= 0.3 is 0 Å². The largest absolute Gasteiger partial charge is 0.388 e. The average molecular weight is 246 g/mol. The second kappa shape index (κ2) is 6.94. The molecular formula is C17H26O. The summed E-state index contributed by atoms with van der Waals surface area (Å²) in [6, 6.07) is 8.57. The lowest BCUT2D eigenvalue weighted by molar-refractivity contribution is 0.0987. The van der Waals surface area contributed by atoms with E-state index in [9.17, 15) is 5.11 Å². The molecule has 100 valence electrons. The highest BCUT2D eigenvalue weighted by atomic mass is 16.3.